The number of benzene rings is 3. The molecule has 0 bridgehead atoms. The van der Waals surface area contributed by atoms with Crippen molar-refractivity contribution in [3.63, 3.8) is 0 Å². The minimum atomic E-state index is -0.552. The zero-order valence-electron chi connectivity index (χ0n) is 21.0. The van der Waals surface area contributed by atoms with Gasteiger partial charge in [-0.3, -0.25) is 0 Å². The van der Waals surface area contributed by atoms with Gasteiger partial charge in [0.15, 0.2) is 0 Å². The van der Waals surface area contributed by atoms with Crippen molar-refractivity contribution < 1.29 is 23.7 Å². The number of nitrogens with zero attached hydrogens (tertiary/aromatic N) is 1. The molecular weight excluding hydrogens is 468 g/mol. The number of hydrogen-bond acceptors (Lipinski definition) is 7. The summed E-state index contributed by atoms with van der Waals surface area (Å²) in [4.78, 5) is 12.9. The van der Waals surface area contributed by atoms with Crippen LogP contribution in [0.4, 0.5) is 0 Å². The molecule has 0 saturated heterocycles. The van der Waals surface area contributed by atoms with E-state index >= 15 is 0 Å². The molecule has 0 aromatic heterocycles. The summed E-state index contributed by atoms with van der Waals surface area (Å²) in [6.45, 7) is 5.00. The second kappa shape index (κ2) is 12.0. The monoisotopic (exact) mass is 498 g/mol. The molecule has 190 valence electrons. The van der Waals surface area contributed by atoms with Gasteiger partial charge in [0.1, 0.15) is 40.2 Å². The van der Waals surface area contributed by atoms with Gasteiger partial charge in [-0.05, 0) is 37.6 Å². The van der Waals surface area contributed by atoms with Crippen LogP contribution in [-0.2, 0) is 0 Å². The number of nitrogens with two attached hydrogens (primary N) is 1. The highest BCUT2D eigenvalue weighted by atomic mass is 16.5. The molecule has 1 heterocycles. The smallest absolute Gasteiger partial charge is 0.347 e. The van der Waals surface area contributed by atoms with E-state index in [1.54, 1.807) is 42.5 Å². The van der Waals surface area contributed by atoms with Crippen LogP contribution in [0.25, 0.3) is 0 Å². The third-order valence-electron chi connectivity index (χ3n) is 6.04. The Balaban J connectivity index is 1.65. The van der Waals surface area contributed by atoms with Gasteiger partial charge in [0, 0.05) is 17.2 Å². The normalized spacial score (nSPS) is 14.2. The molecule has 4 rings (SSSR count). The Labute approximate surface area is 217 Å². The predicted octanol–water partition coefficient (Wildman–Crippen LogP) is 6.09. The van der Waals surface area contributed by atoms with Crippen molar-refractivity contribution in [3.8, 4) is 29.1 Å². The first kappa shape index (κ1) is 25.6. The van der Waals surface area contributed by atoms with Crippen LogP contribution in [0, 0.1) is 11.3 Å². The number of ether oxygens (including phenoxy) is 4. The molecule has 0 aliphatic carbocycles. The van der Waals surface area contributed by atoms with Crippen LogP contribution >= 0.6 is 0 Å². The predicted molar refractivity (Wildman–Crippen MR) is 140 cm³/mol. The molecular formula is C30H30N2O5. The van der Waals surface area contributed by atoms with E-state index in [1.807, 2.05) is 31.2 Å². The van der Waals surface area contributed by atoms with Gasteiger partial charge < -0.3 is 24.7 Å². The van der Waals surface area contributed by atoms with Crippen molar-refractivity contribution in [2.45, 2.75) is 39.0 Å². The molecule has 1 atom stereocenters. The van der Waals surface area contributed by atoms with Crippen LogP contribution in [-0.4, -0.2) is 19.2 Å². The molecule has 3 aromatic rings. The Morgan fingerprint density at radius 3 is 2.49 bits per heavy atom. The summed E-state index contributed by atoms with van der Waals surface area (Å²) in [5.41, 5.74) is 8.35. The van der Waals surface area contributed by atoms with E-state index in [2.05, 4.69) is 13.0 Å². The quantitative estimate of drug-likeness (QED) is 0.205. The molecule has 0 amide bonds. The fourth-order valence-electron chi connectivity index (χ4n) is 4.28. The molecule has 37 heavy (non-hydrogen) atoms. The number of esters is 1. The van der Waals surface area contributed by atoms with Gasteiger partial charge >= 0.3 is 5.97 Å². The second-order valence-electron chi connectivity index (χ2n) is 8.54. The number of fused-ring (bicyclic) bond motifs is 1. The zero-order valence-corrected chi connectivity index (χ0v) is 21.0. The van der Waals surface area contributed by atoms with E-state index in [9.17, 15) is 10.1 Å². The molecule has 1 aliphatic rings. The first-order chi connectivity index (χ1) is 18.1. The summed E-state index contributed by atoms with van der Waals surface area (Å²) in [5, 5.41) is 9.94. The summed E-state index contributed by atoms with van der Waals surface area (Å²) >= 11 is 0. The lowest BCUT2D eigenvalue weighted by atomic mass is 9.83. The van der Waals surface area contributed by atoms with Crippen LogP contribution in [0.2, 0.25) is 0 Å². The SMILES string of the molecule is CCCCCOc1ccccc1C1C(C#N)=C(N)Oc2cc(OC(=O)c3ccccc3OCC)ccc21. The van der Waals surface area contributed by atoms with Gasteiger partial charge in [-0.2, -0.15) is 5.26 Å². The van der Waals surface area contributed by atoms with E-state index < -0.39 is 11.9 Å². The third-order valence-corrected chi connectivity index (χ3v) is 6.04. The van der Waals surface area contributed by atoms with E-state index in [0.29, 0.717) is 41.6 Å². The summed E-state index contributed by atoms with van der Waals surface area (Å²) in [5.74, 6) is 0.802. The van der Waals surface area contributed by atoms with Crippen molar-refractivity contribution in [2.24, 2.45) is 5.73 Å². The third kappa shape index (κ3) is 5.70. The average Bonchev–Trinajstić information content (AvgIpc) is 2.91. The summed E-state index contributed by atoms with van der Waals surface area (Å²) < 4.78 is 23.1. The van der Waals surface area contributed by atoms with Gasteiger partial charge in [0.05, 0.1) is 19.1 Å². The number of carbonyl (C=O) groups excluding carboxylic acids is 1. The highest BCUT2D eigenvalue weighted by Crippen LogP contribution is 2.46. The lowest BCUT2D eigenvalue weighted by Crippen LogP contribution is -2.21. The van der Waals surface area contributed by atoms with E-state index in [1.165, 1.54) is 0 Å². The second-order valence-corrected chi connectivity index (χ2v) is 8.54. The van der Waals surface area contributed by atoms with Crippen molar-refractivity contribution in [3.05, 3.63) is 94.9 Å². The number of unbranched alkanes of at least 4 members (excludes halogenated alkanes) is 2. The fourth-order valence-corrected chi connectivity index (χ4v) is 4.28. The van der Waals surface area contributed by atoms with Crippen LogP contribution in [0.1, 0.15) is 60.5 Å². The molecule has 2 N–H and O–H groups in total. The summed E-state index contributed by atoms with van der Waals surface area (Å²) in [7, 11) is 0. The highest BCUT2D eigenvalue weighted by molar-refractivity contribution is 5.94. The van der Waals surface area contributed by atoms with E-state index in [-0.39, 0.29) is 11.6 Å². The topological polar surface area (TPSA) is 104 Å². The summed E-state index contributed by atoms with van der Waals surface area (Å²) in [6.07, 6.45) is 3.12. The largest absolute Gasteiger partial charge is 0.493 e. The van der Waals surface area contributed by atoms with Gasteiger partial charge in [0.25, 0.3) is 0 Å². The molecule has 0 spiro atoms. The van der Waals surface area contributed by atoms with Crippen molar-refractivity contribution in [1.82, 2.24) is 0 Å². The molecule has 7 heteroatoms. The number of nitriles is 1. The van der Waals surface area contributed by atoms with E-state index in [4.69, 9.17) is 24.7 Å². The van der Waals surface area contributed by atoms with Crippen LogP contribution in [0.5, 0.6) is 23.0 Å². The van der Waals surface area contributed by atoms with Gasteiger partial charge in [-0.15, -0.1) is 0 Å². The van der Waals surface area contributed by atoms with Crippen molar-refractivity contribution in [2.75, 3.05) is 13.2 Å². The number of hydrogen-bond donors (Lipinski definition) is 1. The Morgan fingerprint density at radius 1 is 0.973 bits per heavy atom. The Kier molecular flexibility index (Phi) is 8.32. The Bertz CT molecular complexity index is 1340. The molecule has 1 unspecified atom stereocenters. The first-order valence-corrected chi connectivity index (χ1v) is 12.4. The molecule has 1 aliphatic heterocycles. The lowest BCUT2D eigenvalue weighted by molar-refractivity contribution is 0.0730. The fraction of sp³-hybridized carbons (Fsp3) is 0.267. The molecule has 0 saturated carbocycles. The van der Waals surface area contributed by atoms with Crippen LogP contribution < -0.4 is 24.7 Å². The maximum atomic E-state index is 12.9. The van der Waals surface area contributed by atoms with Gasteiger partial charge in [-0.1, -0.05) is 56.2 Å². The number of allylic oxidation sites excluding steroid dienone is 1. The van der Waals surface area contributed by atoms with Crippen molar-refractivity contribution >= 4 is 5.97 Å². The lowest BCUT2D eigenvalue weighted by Gasteiger charge is -2.28. The first-order valence-electron chi connectivity index (χ1n) is 12.4. The maximum absolute atomic E-state index is 12.9. The average molecular weight is 499 g/mol. The Hall–Kier alpha value is -4.44. The molecule has 3 aromatic carbocycles. The van der Waals surface area contributed by atoms with E-state index in [0.717, 1.165) is 30.4 Å². The molecule has 7 nitrogen and oxygen atoms in total. The zero-order chi connectivity index (χ0) is 26.2. The summed E-state index contributed by atoms with van der Waals surface area (Å²) in [6, 6.07) is 21.8. The minimum Gasteiger partial charge on any atom is -0.493 e. The van der Waals surface area contributed by atoms with Gasteiger partial charge in [-0.25, -0.2) is 4.79 Å². The molecule has 0 fully saturated rings. The van der Waals surface area contributed by atoms with Crippen LogP contribution in [0.15, 0.2) is 78.2 Å². The van der Waals surface area contributed by atoms with Crippen LogP contribution in [0.3, 0.4) is 0 Å². The molecule has 0 radical (unpaired) electrons. The number of carbonyl (C=O) groups is 1. The number of para-hydroxylation sites is 2. The highest BCUT2D eigenvalue weighted by Gasteiger charge is 2.33. The van der Waals surface area contributed by atoms with Crippen molar-refractivity contribution in [1.29, 1.82) is 5.26 Å². The van der Waals surface area contributed by atoms with Gasteiger partial charge in [0.2, 0.25) is 5.88 Å². The maximum Gasteiger partial charge on any atom is 0.347 e. The minimum absolute atomic E-state index is 0.00551. The Morgan fingerprint density at radius 2 is 1.73 bits per heavy atom. The number of rotatable bonds is 10. The standard InChI is InChI=1S/C30H30N2O5/c1-3-5-10-17-35-25-13-8-6-11-21(25)28-22-16-15-20(18-27(22)37-29(32)24(28)19-31)36-30(33)23-12-7-9-14-26(23)34-4-2/h6-9,11-16,18,28H,3-5,10,17,32H2,1-2H3.